The van der Waals surface area contributed by atoms with Crippen molar-refractivity contribution in [1.82, 2.24) is 0 Å². The predicted octanol–water partition coefficient (Wildman–Crippen LogP) is 1.97. The molecule has 0 atom stereocenters. The van der Waals surface area contributed by atoms with Crippen molar-refractivity contribution in [2.75, 3.05) is 13.2 Å². The zero-order valence-electron chi connectivity index (χ0n) is 10.1. The fraction of sp³-hybridized carbons (Fsp3) is 0.385. The molecule has 0 radical (unpaired) electrons. The molecule has 0 bridgehead atoms. The van der Waals surface area contributed by atoms with Crippen molar-refractivity contribution in [2.24, 2.45) is 0 Å². The molecule has 1 rings (SSSR count). The molecule has 1 aromatic carbocycles. The van der Waals surface area contributed by atoms with E-state index in [1.54, 1.807) is 19.1 Å². The second-order valence-electron chi connectivity index (χ2n) is 3.43. The summed E-state index contributed by atoms with van der Waals surface area (Å²) in [6.07, 6.45) is 0.915. The minimum absolute atomic E-state index is 0.279. The molecule has 0 spiro atoms. The Morgan fingerprint density at radius 2 is 1.71 bits per heavy atom. The van der Waals surface area contributed by atoms with Crippen LogP contribution in [0.3, 0.4) is 0 Å². The highest BCUT2D eigenvalue weighted by Gasteiger charge is 2.10. The summed E-state index contributed by atoms with van der Waals surface area (Å²) in [6, 6.07) is 7.10. The zero-order valence-corrected chi connectivity index (χ0v) is 10.1. The van der Waals surface area contributed by atoms with E-state index in [0.717, 1.165) is 12.0 Å². The molecule has 0 saturated carbocycles. The molecule has 0 amide bonds. The van der Waals surface area contributed by atoms with E-state index in [0.29, 0.717) is 5.56 Å². The van der Waals surface area contributed by atoms with Crippen LogP contribution in [-0.4, -0.2) is 25.2 Å². The highest BCUT2D eigenvalue weighted by Crippen LogP contribution is 2.06. The van der Waals surface area contributed by atoms with Gasteiger partial charge in [-0.1, -0.05) is 19.1 Å². The molecule has 0 aromatic heterocycles. The Kier molecular flexibility index (Phi) is 5.20. The second kappa shape index (κ2) is 6.68. The Labute approximate surface area is 101 Å². The number of benzene rings is 1. The number of ether oxygens (including phenoxy) is 2. The van der Waals surface area contributed by atoms with Gasteiger partial charge < -0.3 is 9.47 Å². The predicted molar refractivity (Wildman–Crippen MR) is 62.7 cm³/mol. The lowest BCUT2D eigenvalue weighted by atomic mass is 10.1. The summed E-state index contributed by atoms with van der Waals surface area (Å²) in [7, 11) is 0. The van der Waals surface area contributed by atoms with E-state index in [9.17, 15) is 9.59 Å². The van der Waals surface area contributed by atoms with Crippen LogP contribution in [-0.2, 0) is 20.7 Å². The number of carbonyl (C=O) groups is 2. The van der Waals surface area contributed by atoms with Gasteiger partial charge in [-0.15, -0.1) is 0 Å². The SMILES string of the molecule is CCOC(=O)COC(=O)c1ccc(CC)cc1. The van der Waals surface area contributed by atoms with Gasteiger partial charge in [0.05, 0.1) is 12.2 Å². The molecule has 0 saturated heterocycles. The van der Waals surface area contributed by atoms with Crippen LogP contribution in [0.1, 0.15) is 29.8 Å². The highest BCUT2D eigenvalue weighted by molar-refractivity contribution is 5.90. The third-order valence-corrected chi connectivity index (χ3v) is 2.22. The lowest BCUT2D eigenvalue weighted by molar-refractivity contribution is -0.146. The molecule has 0 N–H and O–H groups in total. The van der Waals surface area contributed by atoms with Crippen molar-refractivity contribution in [3.8, 4) is 0 Å². The van der Waals surface area contributed by atoms with Gasteiger partial charge in [0.1, 0.15) is 0 Å². The third kappa shape index (κ3) is 4.26. The van der Waals surface area contributed by atoms with Gasteiger partial charge in [0.15, 0.2) is 6.61 Å². The summed E-state index contributed by atoms with van der Waals surface area (Å²) >= 11 is 0. The summed E-state index contributed by atoms with van der Waals surface area (Å²) in [6.45, 7) is 3.67. The maximum atomic E-state index is 11.5. The first-order valence-electron chi connectivity index (χ1n) is 5.59. The summed E-state index contributed by atoms with van der Waals surface area (Å²) in [4.78, 5) is 22.5. The van der Waals surface area contributed by atoms with E-state index in [-0.39, 0.29) is 13.2 Å². The van der Waals surface area contributed by atoms with Crippen LogP contribution in [0.2, 0.25) is 0 Å². The summed E-state index contributed by atoms with van der Waals surface area (Å²) < 4.78 is 9.45. The number of rotatable bonds is 5. The van der Waals surface area contributed by atoms with E-state index < -0.39 is 11.9 Å². The molecule has 4 heteroatoms. The van der Waals surface area contributed by atoms with Crippen molar-refractivity contribution in [1.29, 1.82) is 0 Å². The number of aryl methyl sites for hydroxylation is 1. The molecular weight excluding hydrogens is 220 g/mol. The number of hydrogen-bond acceptors (Lipinski definition) is 4. The standard InChI is InChI=1S/C13H16O4/c1-3-10-5-7-11(8-6-10)13(15)17-9-12(14)16-4-2/h5-8H,3-4,9H2,1-2H3. The Morgan fingerprint density at radius 3 is 2.24 bits per heavy atom. The number of hydrogen-bond donors (Lipinski definition) is 0. The zero-order chi connectivity index (χ0) is 12.7. The van der Waals surface area contributed by atoms with Gasteiger partial charge in [-0.3, -0.25) is 0 Å². The molecular formula is C13H16O4. The normalized spacial score (nSPS) is 9.76. The van der Waals surface area contributed by atoms with Gasteiger partial charge in [-0.05, 0) is 31.0 Å². The van der Waals surface area contributed by atoms with Crippen molar-refractivity contribution in [2.45, 2.75) is 20.3 Å². The van der Waals surface area contributed by atoms with Crippen LogP contribution in [0.25, 0.3) is 0 Å². The third-order valence-electron chi connectivity index (χ3n) is 2.22. The fourth-order valence-corrected chi connectivity index (χ4v) is 1.29. The van der Waals surface area contributed by atoms with E-state index in [1.165, 1.54) is 0 Å². The van der Waals surface area contributed by atoms with Gasteiger partial charge in [0.2, 0.25) is 0 Å². The van der Waals surface area contributed by atoms with Gasteiger partial charge in [-0.2, -0.15) is 0 Å². The van der Waals surface area contributed by atoms with E-state index >= 15 is 0 Å². The van der Waals surface area contributed by atoms with Crippen molar-refractivity contribution >= 4 is 11.9 Å². The average Bonchev–Trinajstić information content (AvgIpc) is 2.36. The Morgan fingerprint density at radius 1 is 1.06 bits per heavy atom. The Hall–Kier alpha value is -1.84. The van der Waals surface area contributed by atoms with Gasteiger partial charge >= 0.3 is 11.9 Å². The molecule has 0 aliphatic carbocycles. The van der Waals surface area contributed by atoms with E-state index in [1.807, 2.05) is 19.1 Å². The van der Waals surface area contributed by atoms with Crippen LogP contribution in [0.5, 0.6) is 0 Å². The maximum Gasteiger partial charge on any atom is 0.344 e. The highest BCUT2D eigenvalue weighted by atomic mass is 16.6. The lowest BCUT2D eigenvalue weighted by Gasteiger charge is -2.05. The molecule has 0 aliphatic rings. The lowest BCUT2D eigenvalue weighted by Crippen LogP contribution is -2.16. The molecule has 0 fully saturated rings. The van der Waals surface area contributed by atoms with Crippen LogP contribution in [0, 0.1) is 0 Å². The second-order valence-corrected chi connectivity index (χ2v) is 3.43. The van der Waals surface area contributed by atoms with Crippen molar-refractivity contribution in [3.05, 3.63) is 35.4 Å². The smallest absolute Gasteiger partial charge is 0.344 e. The monoisotopic (exact) mass is 236 g/mol. The van der Waals surface area contributed by atoms with E-state index in [2.05, 4.69) is 4.74 Å². The topological polar surface area (TPSA) is 52.6 Å². The first kappa shape index (κ1) is 13.2. The minimum Gasteiger partial charge on any atom is -0.463 e. The van der Waals surface area contributed by atoms with E-state index in [4.69, 9.17) is 4.74 Å². The number of esters is 2. The molecule has 4 nitrogen and oxygen atoms in total. The van der Waals surface area contributed by atoms with Gasteiger partial charge in [0.25, 0.3) is 0 Å². The van der Waals surface area contributed by atoms with Crippen LogP contribution in [0.4, 0.5) is 0 Å². The Balaban J connectivity index is 2.49. The first-order chi connectivity index (χ1) is 8.17. The summed E-state index contributed by atoms with van der Waals surface area (Å²) in [5, 5.41) is 0. The van der Waals surface area contributed by atoms with Crippen molar-refractivity contribution in [3.63, 3.8) is 0 Å². The molecule has 0 unspecified atom stereocenters. The minimum atomic E-state index is -0.536. The van der Waals surface area contributed by atoms with Crippen LogP contribution >= 0.6 is 0 Å². The molecule has 1 aromatic rings. The van der Waals surface area contributed by atoms with Crippen LogP contribution < -0.4 is 0 Å². The maximum absolute atomic E-state index is 11.5. The van der Waals surface area contributed by atoms with Crippen molar-refractivity contribution < 1.29 is 19.1 Å². The van der Waals surface area contributed by atoms with Gasteiger partial charge in [0, 0.05) is 0 Å². The summed E-state index contributed by atoms with van der Waals surface area (Å²) in [5.41, 5.74) is 1.58. The number of carbonyl (C=O) groups excluding carboxylic acids is 2. The summed E-state index contributed by atoms with van der Waals surface area (Å²) in [5.74, 6) is -1.05. The Bertz CT molecular complexity index is 381. The largest absolute Gasteiger partial charge is 0.463 e. The molecule has 0 heterocycles. The molecule has 0 aliphatic heterocycles. The fourth-order valence-electron chi connectivity index (χ4n) is 1.29. The van der Waals surface area contributed by atoms with Crippen LogP contribution in [0.15, 0.2) is 24.3 Å². The average molecular weight is 236 g/mol. The molecule has 92 valence electrons. The molecule has 17 heavy (non-hydrogen) atoms. The first-order valence-corrected chi connectivity index (χ1v) is 5.59. The van der Waals surface area contributed by atoms with Gasteiger partial charge in [-0.25, -0.2) is 9.59 Å². The quantitative estimate of drug-likeness (QED) is 0.733.